The molecule has 3 nitrogen and oxygen atoms in total. The number of furan rings is 2. The van der Waals surface area contributed by atoms with E-state index < -0.39 is 0 Å². The molecule has 0 aliphatic carbocycles. The van der Waals surface area contributed by atoms with Crippen molar-refractivity contribution < 1.29 is 8.83 Å². The van der Waals surface area contributed by atoms with Crippen molar-refractivity contribution >= 4 is 55.3 Å². The van der Waals surface area contributed by atoms with E-state index in [2.05, 4.69) is 123 Å². The van der Waals surface area contributed by atoms with Gasteiger partial charge < -0.3 is 14.2 Å². The second kappa shape index (κ2) is 9.64. The summed E-state index contributed by atoms with van der Waals surface area (Å²) in [6.07, 6.45) is 0. The molecule has 0 amide bonds. The first-order valence-electron chi connectivity index (χ1n) is 14.8. The minimum Gasteiger partial charge on any atom is -0.456 e. The fourth-order valence-electron chi connectivity index (χ4n) is 6.16. The van der Waals surface area contributed by atoms with E-state index >= 15 is 0 Å². The number of hydrogen-bond acceptors (Lipinski definition) is 3. The third-order valence-electron chi connectivity index (χ3n) is 8.45. The molecule has 1 N–H and O–H groups in total. The Kier molecular flexibility index (Phi) is 5.70. The lowest BCUT2D eigenvalue weighted by Crippen LogP contribution is -2.10. The second-order valence-electron chi connectivity index (χ2n) is 12.3. The van der Waals surface area contributed by atoms with Gasteiger partial charge in [-0.1, -0.05) is 99.6 Å². The Morgan fingerprint density at radius 3 is 1.44 bits per heavy atom. The first-order chi connectivity index (χ1) is 20.9. The molecule has 0 aliphatic rings. The summed E-state index contributed by atoms with van der Waals surface area (Å²) < 4.78 is 12.6. The molecular weight excluding hydrogens is 526 g/mol. The van der Waals surface area contributed by atoms with Crippen molar-refractivity contribution in [3.05, 3.63) is 133 Å². The quantitative estimate of drug-likeness (QED) is 0.234. The molecule has 2 heterocycles. The molecule has 6 aromatic carbocycles. The standard InChI is InChI=1S/C40H31NO2/c1-40(2,3)29-19-15-26(16-20-29)28-18-22-35-31(24-28)39-33(12-8-14-37(39)43-35)41-32-11-7-13-36-38(32)30-23-27(17-21-34(30)42-36)25-9-5-4-6-10-25/h4-24,41H,1-3H3. The molecule has 0 saturated heterocycles. The van der Waals surface area contributed by atoms with Crippen molar-refractivity contribution in [1.82, 2.24) is 0 Å². The van der Waals surface area contributed by atoms with Crippen molar-refractivity contribution in [3.8, 4) is 22.3 Å². The van der Waals surface area contributed by atoms with Gasteiger partial charge in [0.25, 0.3) is 0 Å². The highest BCUT2D eigenvalue weighted by atomic mass is 16.3. The lowest BCUT2D eigenvalue weighted by molar-refractivity contribution is 0.590. The largest absolute Gasteiger partial charge is 0.456 e. The van der Waals surface area contributed by atoms with E-state index in [9.17, 15) is 0 Å². The zero-order chi connectivity index (χ0) is 29.1. The maximum Gasteiger partial charge on any atom is 0.137 e. The van der Waals surface area contributed by atoms with Crippen LogP contribution in [0.25, 0.3) is 66.1 Å². The minimum absolute atomic E-state index is 0.121. The molecular formula is C40H31NO2. The van der Waals surface area contributed by atoms with Crippen molar-refractivity contribution in [3.63, 3.8) is 0 Å². The van der Waals surface area contributed by atoms with Crippen LogP contribution in [0.4, 0.5) is 11.4 Å². The van der Waals surface area contributed by atoms with E-state index in [1.54, 1.807) is 0 Å². The van der Waals surface area contributed by atoms with Gasteiger partial charge in [0.05, 0.1) is 22.1 Å². The molecule has 208 valence electrons. The molecule has 8 aromatic rings. The Morgan fingerprint density at radius 2 is 0.930 bits per heavy atom. The van der Waals surface area contributed by atoms with Crippen molar-refractivity contribution in [2.45, 2.75) is 26.2 Å². The van der Waals surface area contributed by atoms with Gasteiger partial charge in [0, 0.05) is 10.8 Å². The predicted octanol–water partition coefficient (Wildman–Crippen LogP) is 11.9. The average molecular weight is 558 g/mol. The molecule has 8 rings (SSSR count). The average Bonchev–Trinajstić information content (AvgIpc) is 3.60. The van der Waals surface area contributed by atoms with Gasteiger partial charge in [-0.25, -0.2) is 0 Å². The van der Waals surface area contributed by atoms with Gasteiger partial charge in [0.15, 0.2) is 0 Å². The summed E-state index contributed by atoms with van der Waals surface area (Å²) >= 11 is 0. The highest BCUT2D eigenvalue weighted by molar-refractivity contribution is 6.16. The van der Waals surface area contributed by atoms with Crippen LogP contribution in [0, 0.1) is 0 Å². The molecule has 0 spiro atoms. The summed E-state index contributed by atoms with van der Waals surface area (Å²) in [7, 11) is 0. The van der Waals surface area contributed by atoms with Crippen molar-refractivity contribution in [2.75, 3.05) is 5.32 Å². The summed E-state index contributed by atoms with van der Waals surface area (Å²) in [6, 6.07) is 44.7. The molecule has 0 saturated carbocycles. The van der Waals surface area contributed by atoms with E-state index in [0.717, 1.165) is 60.8 Å². The number of hydrogen-bond donors (Lipinski definition) is 1. The number of anilines is 2. The van der Waals surface area contributed by atoms with Gasteiger partial charge in [0.1, 0.15) is 22.3 Å². The van der Waals surface area contributed by atoms with E-state index in [0.29, 0.717) is 0 Å². The van der Waals surface area contributed by atoms with Crippen LogP contribution in [-0.4, -0.2) is 0 Å². The maximum atomic E-state index is 6.33. The predicted molar refractivity (Wildman–Crippen MR) is 180 cm³/mol. The minimum atomic E-state index is 0.121. The first kappa shape index (κ1) is 25.4. The van der Waals surface area contributed by atoms with Crippen LogP contribution >= 0.6 is 0 Å². The van der Waals surface area contributed by atoms with Gasteiger partial charge in [-0.15, -0.1) is 0 Å². The van der Waals surface area contributed by atoms with Crippen LogP contribution in [0.5, 0.6) is 0 Å². The van der Waals surface area contributed by atoms with Gasteiger partial charge in [-0.05, 0) is 81.8 Å². The zero-order valence-electron chi connectivity index (χ0n) is 24.4. The maximum absolute atomic E-state index is 6.33. The topological polar surface area (TPSA) is 38.3 Å². The van der Waals surface area contributed by atoms with E-state index in [-0.39, 0.29) is 5.41 Å². The monoisotopic (exact) mass is 557 g/mol. The molecule has 2 aromatic heterocycles. The van der Waals surface area contributed by atoms with E-state index in [1.807, 2.05) is 30.3 Å². The Balaban J connectivity index is 1.25. The van der Waals surface area contributed by atoms with Gasteiger partial charge in [-0.2, -0.15) is 0 Å². The van der Waals surface area contributed by atoms with Gasteiger partial charge in [0.2, 0.25) is 0 Å². The smallest absolute Gasteiger partial charge is 0.137 e. The Labute approximate surface area is 250 Å². The molecule has 0 atom stereocenters. The third kappa shape index (κ3) is 4.36. The molecule has 0 bridgehead atoms. The normalized spacial score (nSPS) is 12.1. The Morgan fingerprint density at radius 1 is 0.442 bits per heavy atom. The number of nitrogens with one attached hydrogen (secondary N) is 1. The number of benzene rings is 6. The first-order valence-corrected chi connectivity index (χ1v) is 14.8. The van der Waals surface area contributed by atoms with E-state index in [4.69, 9.17) is 8.83 Å². The Bertz CT molecular complexity index is 2280. The summed E-state index contributed by atoms with van der Waals surface area (Å²) in [5.41, 5.74) is 11.6. The lowest BCUT2D eigenvalue weighted by atomic mass is 9.86. The molecule has 0 aliphatic heterocycles. The number of rotatable bonds is 4. The molecule has 43 heavy (non-hydrogen) atoms. The fourth-order valence-corrected chi connectivity index (χ4v) is 6.16. The van der Waals surface area contributed by atoms with Crippen molar-refractivity contribution in [2.24, 2.45) is 0 Å². The summed E-state index contributed by atoms with van der Waals surface area (Å²) in [5.74, 6) is 0. The number of fused-ring (bicyclic) bond motifs is 6. The third-order valence-corrected chi connectivity index (χ3v) is 8.45. The summed E-state index contributed by atoms with van der Waals surface area (Å²) in [4.78, 5) is 0. The summed E-state index contributed by atoms with van der Waals surface area (Å²) in [6.45, 7) is 6.74. The van der Waals surface area contributed by atoms with Crippen LogP contribution in [0.15, 0.2) is 136 Å². The van der Waals surface area contributed by atoms with Crippen LogP contribution in [0.2, 0.25) is 0 Å². The zero-order valence-corrected chi connectivity index (χ0v) is 24.4. The second-order valence-corrected chi connectivity index (χ2v) is 12.3. The van der Waals surface area contributed by atoms with Crippen LogP contribution in [0.1, 0.15) is 26.3 Å². The highest BCUT2D eigenvalue weighted by Crippen LogP contribution is 2.41. The summed E-state index contributed by atoms with van der Waals surface area (Å²) in [5, 5.41) is 8.08. The van der Waals surface area contributed by atoms with E-state index in [1.165, 1.54) is 22.3 Å². The molecule has 0 unspecified atom stereocenters. The van der Waals surface area contributed by atoms with Crippen molar-refractivity contribution in [1.29, 1.82) is 0 Å². The lowest BCUT2D eigenvalue weighted by Gasteiger charge is -2.19. The molecule has 3 heteroatoms. The van der Waals surface area contributed by atoms with Gasteiger partial charge in [-0.3, -0.25) is 0 Å². The fraction of sp³-hybridized carbons (Fsp3) is 0.100. The molecule has 0 radical (unpaired) electrons. The highest BCUT2D eigenvalue weighted by Gasteiger charge is 2.17. The SMILES string of the molecule is CC(C)(C)c1ccc(-c2ccc3oc4cccc(Nc5cccc6oc7ccc(-c8ccccc8)cc7c56)c4c3c2)cc1. The van der Waals surface area contributed by atoms with Crippen LogP contribution in [0.3, 0.4) is 0 Å². The Hall–Kier alpha value is -5.28. The molecule has 0 fully saturated rings. The van der Waals surface area contributed by atoms with Crippen LogP contribution < -0.4 is 5.32 Å². The van der Waals surface area contributed by atoms with Crippen LogP contribution in [-0.2, 0) is 5.41 Å². The van der Waals surface area contributed by atoms with Gasteiger partial charge >= 0.3 is 0 Å².